The highest BCUT2D eigenvalue weighted by molar-refractivity contribution is 5.85. The Bertz CT molecular complexity index is 566. The summed E-state index contributed by atoms with van der Waals surface area (Å²) in [6, 6.07) is 7.15. The van der Waals surface area contributed by atoms with E-state index >= 15 is 0 Å². The summed E-state index contributed by atoms with van der Waals surface area (Å²) < 4.78 is 40.3. The van der Waals surface area contributed by atoms with Crippen LogP contribution in [-0.2, 0) is 4.74 Å². The first-order valence-corrected chi connectivity index (χ1v) is 6.12. The van der Waals surface area contributed by atoms with Crippen molar-refractivity contribution < 1.29 is 23.0 Å². The van der Waals surface area contributed by atoms with Crippen LogP contribution in [0.4, 0.5) is 13.2 Å². The van der Waals surface area contributed by atoms with Crippen molar-refractivity contribution >= 4 is 10.8 Å². The van der Waals surface area contributed by atoms with Crippen LogP contribution >= 0.6 is 0 Å². The zero-order chi connectivity index (χ0) is 14.6. The van der Waals surface area contributed by atoms with Crippen molar-refractivity contribution in [1.82, 2.24) is 4.98 Å². The van der Waals surface area contributed by atoms with E-state index in [1.165, 1.54) is 0 Å². The Morgan fingerprint density at radius 2 is 2.05 bits per heavy atom. The van der Waals surface area contributed by atoms with Gasteiger partial charge in [0.2, 0.25) is 0 Å². The number of benzene rings is 1. The predicted octanol–water partition coefficient (Wildman–Crippen LogP) is 3.24. The molecule has 6 heteroatoms. The van der Waals surface area contributed by atoms with Gasteiger partial charge in [-0.1, -0.05) is 18.2 Å². The molecule has 1 atom stereocenters. The van der Waals surface area contributed by atoms with Gasteiger partial charge in [0.15, 0.2) is 0 Å². The summed E-state index contributed by atoms with van der Waals surface area (Å²) >= 11 is 0. The molecule has 1 aromatic heterocycles. The lowest BCUT2D eigenvalue weighted by Gasteiger charge is -2.14. The lowest BCUT2D eigenvalue weighted by atomic mass is 10.0. The molecule has 108 valence electrons. The van der Waals surface area contributed by atoms with E-state index in [9.17, 15) is 18.3 Å². The Labute approximate surface area is 114 Å². The van der Waals surface area contributed by atoms with Crippen LogP contribution in [0.5, 0.6) is 0 Å². The standard InChI is InChI=1S/C14H14F3NO2/c15-14(16,17)9-20-7-5-13(19)12-3-1-2-10-8-18-6-4-11(10)12/h1-4,6,8,13,19H,5,7,9H2. The number of pyridine rings is 1. The average molecular weight is 285 g/mol. The Morgan fingerprint density at radius 1 is 1.25 bits per heavy atom. The Balaban J connectivity index is 1.99. The summed E-state index contributed by atoms with van der Waals surface area (Å²) in [5, 5.41) is 11.8. The van der Waals surface area contributed by atoms with E-state index < -0.39 is 18.9 Å². The van der Waals surface area contributed by atoms with Gasteiger partial charge in [-0.25, -0.2) is 0 Å². The van der Waals surface area contributed by atoms with Gasteiger partial charge in [0.1, 0.15) is 6.61 Å². The molecule has 0 spiro atoms. The molecule has 0 saturated heterocycles. The molecule has 20 heavy (non-hydrogen) atoms. The summed E-state index contributed by atoms with van der Waals surface area (Å²) in [6.45, 7) is -1.44. The van der Waals surface area contributed by atoms with Gasteiger partial charge in [-0.3, -0.25) is 4.98 Å². The van der Waals surface area contributed by atoms with Crippen molar-refractivity contribution in [3.63, 3.8) is 0 Å². The van der Waals surface area contributed by atoms with E-state index in [-0.39, 0.29) is 13.0 Å². The molecule has 0 amide bonds. The summed E-state index contributed by atoms with van der Waals surface area (Å²) in [7, 11) is 0. The maximum absolute atomic E-state index is 11.9. The minimum Gasteiger partial charge on any atom is -0.388 e. The number of ether oxygens (including phenoxy) is 1. The number of rotatable bonds is 5. The van der Waals surface area contributed by atoms with Gasteiger partial charge in [-0.15, -0.1) is 0 Å². The summed E-state index contributed by atoms with van der Waals surface area (Å²) in [5.41, 5.74) is 0.667. The van der Waals surface area contributed by atoms with Gasteiger partial charge >= 0.3 is 6.18 Å². The van der Waals surface area contributed by atoms with Gasteiger partial charge in [-0.05, 0) is 17.0 Å². The van der Waals surface area contributed by atoms with Crippen LogP contribution < -0.4 is 0 Å². The quantitative estimate of drug-likeness (QED) is 0.858. The van der Waals surface area contributed by atoms with E-state index in [1.54, 1.807) is 30.6 Å². The zero-order valence-electron chi connectivity index (χ0n) is 10.6. The van der Waals surface area contributed by atoms with E-state index in [1.807, 2.05) is 6.07 Å². The van der Waals surface area contributed by atoms with Crippen LogP contribution in [0.2, 0.25) is 0 Å². The number of halogens is 3. The van der Waals surface area contributed by atoms with E-state index in [0.29, 0.717) is 5.56 Å². The largest absolute Gasteiger partial charge is 0.411 e. The molecule has 0 aliphatic heterocycles. The van der Waals surface area contributed by atoms with Crippen LogP contribution in [0, 0.1) is 0 Å². The average Bonchev–Trinajstić information content (AvgIpc) is 2.41. The molecule has 0 aliphatic carbocycles. The lowest BCUT2D eigenvalue weighted by Crippen LogP contribution is -2.18. The van der Waals surface area contributed by atoms with E-state index in [4.69, 9.17) is 0 Å². The lowest BCUT2D eigenvalue weighted by molar-refractivity contribution is -0.175. The van der Waals surface area contributed by atoms with Crippen molar-refractivity contribution in [2.75, 3.05) is 13.2 Å². The molecule has 1 heterocycles. The minimum absolute atomic E-state index is 0.109. The van der Waals surface area contributed by atoms with Crippen LogP contribution in [0.3, 0.4) is 0 Å². The summed E-state index contributed by atoms with van der Waals surface area (Å²) in [4.78, 5) is 3.98. The van der Waals surface area contributed by atoms with Crippen LogP contribution in [0.15, 0.2) is 36.7 Å². The summed E-state index contributed by atoms with van der Waals surface area (Å²) in [6.07, 6.45) is -1.81. The predicted molar refractivity (Wildman–Crippen MR) is 68.2 cm³/mol. The van der Waals surface area contributed by atoms with Gasteiger partial charge in [0.25, 0.3) is 0 Å². The monoisotopic (exact) mass is 285 g/mol. The molecule has 1 aromatic carbocycles. The smallest absolute Gasteiger partial charge is 0.388 e. The van der Waals surface area contributed by atoms with Crippen molar-refractivity contribution in [2.24, 2.45) is 0 Å². The maximum atomic E-state index is 11.9. The highest BCUT2D eigenvalue weighted by Crippen LogP contribution is 2.25. The third-order valence-corrected chi connectivity index (χ3v) is 2.87. The van der Waals surface area contributed by atoms with Gasteiger partial charge in [0.05, 0.1) is 6.10 Å². The zero-order valence-corrected chi connectivity index (χ0v) is 10.6. The molecule has 3 nitrogen and oxygen atoms in total. The van der Waals surface area contributed by atoms with E-state index in [0.717, 1.165) is 10.8 Å². The molecule has 1 unspecified atom stereocenters. The number of nitrogens with zero attached hydrogens (tertiary/aromatic N) is 1. The van der Waals surface area contributed by atoms with Crippen LogP contribution in [-0.4, -0.2) is 29.5 Å². The normalized spacial score (nSPS) is 13.6. The third-order valence-electron chi connectivity index (χ3n) is 2.87. The molecule has 0 bridgehead atoms. The molecule has 1 N–H and O–H groups in total. The number of aromatic nitrogens is 1. The number of alkyl halides is 3. The molecular weight excluding hydrogens is 271 g/mol. The van der Waals surface area contributed by atoms with E-state index in [2.05, 4.69) is 9.72 Å². The fourth-order valence-electron chi connectivity index (χ4n) is 1.98. The van der Waals surface area contributed by atoms with Crippen LogP contribution in [0.1, 0.15) is 18.1 Å². The number of aliphatic hydroxyl groups excluding tert-OH is 1. The molecule has 2 rings (SSSR count). The molecule has 0 saturated carbocycles. The third kappa shape index (κ3) is 3.91. The second kappa shape index (κ2) is 6.19. The minimum atomic E-state index is -4.34. The second-order valence-corrected chi connectivity index (χ2v) is 4.42. The van der Waals surface area contributed by atoms with Crippen LogP contribution in [0.25, 0.3) is 10.8 Å². The fourth-order valence-corrected chi connectivity index (χ4v) is 1.98. The highest BCUT2D eigenvalue weighted by atomic mass is 19.4. The second-order valence-electron chi connectivity index (χ2n) is 4.42. The maximum Gasteiger partial charge on any atom is 0.411 e. The number of hydrogen-bond acceptors (Lipinski definition) is 3. The molecule has 0 aliphatic rings. The molecular formula is C14H14F3NO2. The number of aliphatic hydroxyl groups is 1. The fraction of sp³-hybridized carbons (Fsp3) is 0.357. The molecule has 2 aromatic rings. The van der Waals surface area contributed by atoms with Gasteiger partial charge in [0, 0.05) is 30.8 Å². The number of fused-ring (bicyclic) bond motifs is 1. The first kappa shape index (κ1) is 14.7. The topological polar surface area (TPSA) is 42.4 Å². The van der Waals surface area contributed by atoms with Gasteiger partial charge in [-0.2, -0.15) is 13.2 Å². The molecule has 0 radical (unpaired) electrons. The van der Waals surface area contributed by atoms with Crippen molar-refractivity contribution in [1.29, 1.82) is 0 Å². The molecule has 0 fully saturated rings. The van der Waals surface area contributed by atoms with Crippen molar-refractivity contribution in [3.05, 3.63) is 42.2 Å². The highest BCUT2D eigenvalue weighted by Gasteiger charge is 2.27. The summed E-state index contributed by atoms with van der Waals surface area (Å²) in [5.74, 6) is 0. The Kier molecular flexibility index (Phi) is 4.57. The van der Waals surface area contributed by atoms with Gasteiger partial charge < -0.3 is 9.84 Å². The first-order valence-electron chi connectivity index (χ1n) is 6.12. The number of hydrogen-bond donors (Lipinski definition) is 1. The Hall–Kier alpha value is -1.66. The Morgan fingerprint density at radius 3 is 2.80 bits per heavy atom. The van der Waals surface area contributed by atoms with Crippen molar-refractivity contribution in [2.45, 2.75) is 18.7 Å². The first-order chi connectivity index (χ1) is 9.47. The SMILES string of the molecule is OC(CCOCC(F)(F)F)c1cccc2cnccc12. The van der Waals surface area contributed by atoms with Crippen molar-refractivity contribution in [3.8, 4) is 0 Å².